The van der Waals surface area contributed by atoms with E-state index in [0.29, 0.717) is 17.8 Å². The summed E-state index contributed by atoms with van der Waals surface area (Å²) in [7, 11) is 0. The van der Waals surface area contributed by atoms with Gasteiger partial charge in [-0.15, -0.1) is 0 Å². The van der Waals surface area contributed by atoms with Crippen LogP contribution in [0.1, 0.15) is 47.4 Å². The van der Waals surface area contributed by atoms with Gasteiger partial charge >= 0.3 is 0 Å². The van der Waals surface area contributed by atoms with E-state index in [2.05, 4.69) is 15.3 Å². The highest BCUT2D eigenvalue weighted by Gasteiger charge is 2.19. The van der Waals surface area contributed by atoms with Crippen molar-refractivity contribution in [3.63, 3.8) is 0 Å². The van der Waals surface area contributed by atoms with Crippen LogP contribution in [0.5, 0.6) is 0 Å². The van der Waals surface area contributed by atoms with Gasteiger partial charge in [0.2, 0.25) is 0 Å². The Morgan fingerprint density at radius 2 is 1.85 bits per heavy atom. The first kappa shape index (κ1) is 18.6. The zero-order chi connectivity index (χ0) is 18.5. The van der Waals surface area contributed by atoms with Gasteiger partial charge in [0.05, 0.1) is 22.6 Å². The quantitative estimate of drug-likeness (QED) is 0.807. The predicted octanol–water partition coefficient (Wildman–Crippen LogP) is 3.23. The minimum atomic E-state index is -0.290. The molecule has 2 heterocycles. The largest absolute Gasteiger partial charge is 0.352 e. The number of hydrogen-bond acceptors (Lipinski definition) is 3. The number of rotatable bonds is 6. The van der Waals surface area contributed by atoms with Crippen molar-refractivity contribution in [2.75, 3.05) is 26.2 Å². The number of amides is 1. The number of hydrogen-bond donors (Lipinski definition) is 1. The van der Waals surface area contributed by atoms with Gasteiger partial charge in [-0.05, 0) is 77.0 Å². The van der Waals surface area contributed by atoms with E-state index < -0.39 is 0 Å². The van der Waals surface area contributed by atoms with Crippen molar-refractivity contribution in [3.8, 4) is 5.69 Å². The van der Waals surface area contributed by atoms with E-state index in [1.165, 1.54) is 44.5 Å². The molecular weight excluding hydrogens is 331 g/mol. The van der Waals surface area contributed by atoms with Crippen LogP contribution < -0.4 is 5.32 Å². The minimum absolute atomic E-state index is 0.0907. The first-order valence-electron chi connectivity index (χ1n) is 9.39. The highest BCUT2D eigenvalue weighted by atomic mass is 19.1. The van der Waals surface area contributed by atoms with Crippen LogP contribution in [-0.4, -0.2) is 46.8 Å². The zero-order valence-electron chi connectivity index (χ0n) is 15.6. The Morgan fingerprint density at radius 1 is 1.15 bits per heavy atom. The summed E-state index contributed by atoms with van der Waals surface area (Å²) in [4.78, 5) is 15.1. The van der Waals surface area contributed by atoms with E-state index in [4.69, 9.17) is 0 Å². The van der Waals surface area contributed by atoms with E-state index in [0.717, 1.165) is 24.3 Å². The third-order valence-corrected chi connectivity index (χ3v) is 4.97. The van der Waals surface area contributed by atoms with Crippen LogP contribution in [0, 0.1) is 19.7 Å². The van der Waals surface area contributed by atoms with Crippen molar-refractivity contribution in [3.05, 3.63) is 47.0 Å². The lowest BCUT2D eigenvalue weighted by Crippen LogP contribution is -2.33. The van der Waals surface area contributed by atoms with Gasteiger partial charge in [-0.2, -0.15) is 5.10 Å². The normalized spacial score (nSPS) is 15.2. The van der Waals surface area contributed by atoms with Crippen molar-refractivity contribution in [1.29, 1.82) is 0 Å². The second-order valence-corrected chi connectivity index (χ2v) is 6.95. The van der Waals surface area contributed by atoms with Crippen molar-refractivity contribution >= 4 is 5.91 Å². The molecule has 1 aliphatic heterocycles. The van der Waals surface area contributed by atoms with E-state index in [1.54, 1.807) is 16.8 Å². The third-order valence-electron chi connectivity index (χ3n) is 4.97. The molecule has 0 radical (unpaired) electrons. The summed E-state index contributed by atoms with van der Waals surface area (Å²) in [5.74, 6) is -0.381. The second-order valence-electron chi connectivity index (χ2n) is 6.95. The van der Waals surface area contributed by atoms with Crippen LogP contribution in [0.15, 0.2) is 24.3 Å². The first-order valence-corrected chi connectivity index (χ1v) is 9.39. The number of benzene rings is 1. The number of carbonyl (C=O) groups is 1. The van der Waals surface area contributed by atoms with Gasteiger partial charge in [0.15, 0.2) is 0 Å². The molecule has 1 fully saturated rings. The number of nitrogens with zero attached hydrogens (tertiary/aromatic N) is 3. The average molecular weight is 358 g/mol. The van der Waals surface area contributed by atoms with Gasteiger partial charge in [0, 0.05) is 6.54 Å². The molecule has 5 nitrogen and oxygen atoms in total. The van der Waals surface area contributed by atoms with Crippen molar-refractivity contribution in [2.45, 2.75) is 39.5 Å². The van der Waals surface area contributed by atoms with Crippen molar-refractivity contribution in [1.82, 2.24) is 20.0 Å². The number of aryl methyl sites for hydroxylation is 1. The molecule has 6 heteroatoms. The Balaban J connectivity index is 1.59. The summed E-state index contributed by atoms with van der Waals surface area (Å²) in [6, 6.07) is 6.11. The fourth-order valence-electron chi connectivity index (χ4n) is 3.58. The number of carbonyl (C=O) groups excluding carboxylic acids is 1. The highest BCUT2D eigenvalue weighted by molar-refractivity contribution is 5.96. The van der Waals surface area contributed by atoms with Crippen LogP contribution >= 0.6 is 0 Å². The Morgan fingerprint density at radius 3 is 2.54 bits per heavy atom. The van der Waals surface area contributed by atoms with Crippen LogP contribution in [0.4, 0.5) is 4.39 Å². The fraction of sp³-hybridized carbons (Fsp3) is 0.500. The monoisotopic (exact) mass is 358 g/mol. The van der Waals surface area contributed by atoms with Crippen LogP contribution in [0.25, 0.3) is 5.69 Å². The van der Waals surface area contributed by atoms with Gasteiger partial charge < -0.3 is 10.2 Å². The summed E-state index contributed by atoms with van der Waals surface area (Å²) < 4.78 is 14.8. The predicted molar refractivity (Wildman–Crippen MR) is 100 cm³/mol. The van der Waals surface area contributed by atoms with Crippen LogP contribution in [0.3, 0.4) is 0 Å². The van der Waals surface area contributed by atoms with Crippen LogP contribution in [0.2, 0.25) is 0 Å². The molecule has 1 aliphatic rings. The molecule has 1 saturated heterocycles. The zero-order valence-corrected chi connectivity index (χ0v) is 15.6. The summed E-state index contributed by atoms with van der Waals surface area (Å²) in [5, 5.41) is 7.47. The molecule has 2 aromatic rings. The molecular formula is C20H27FN4O. The number of piperidine rings is 1. The van der Waals surface area contributed by atoms with Crippen LogP contribution in [-0.2, 0) is 0 Å². The van der Waals surface area contributed by atoms with Gasteiger partial charge in [-0.1, -0.05) is 6.42 Å². The van der Waals surface area contributed by atoms with E-state index in [1.807, 2.05) is 13.8 Å². The molecule has 140 valence electrons. The highest BCUT2D eigenvalue weighted by Crippen LogP contribution is 2.18. The molecule has 1 aromatic heterocycles. The fourth-order valence-corrected chi connectivity index (χ4v) is 3.58. The third kappa shape index (κ3) is 4.30. The Hall–Kier alpha value is -2.21. The summed E-state index contributed by atoms with van der Waals surface area (Å²) in [6.45, 7) is 7.75. The maximum atomic E-state index is 13.1. The molecule has 1 N–H and O–H groups in total. The molecule has 1 aromatic carbocycles. The standard InChI is InChI=1S/C20H27FN4O/c1-15-19(16(2)25(23-15)18-9-7-17(21)8-10-18)20(26)22-11-6-14-24-12-4-3-5-13-24/h7-10H,3-6,11-14H2,1-2H3,(H,22,26). The molecule has 3 rings (SSSR count). The number of halogens is 1. The summed E-state index contributed by atoms with van der Waals surface area (Å²) in [5.41, 5.74) is 2.80. The molecule has 0 atom stereocenters. The first-order chi connectivity index (χ1) is 12.6. The summed E-state index contributed by atoms with van der Waals surface area (Å²) in [6.07, 6.45) is 4.86. The maximum absolute atomic E-state index is 13.1. The molecule has 1 amide bonds. The number of nitrogens with one attached hydrogen (secondary N) is 1. The lowest BCUT2D eigenvalue weighted by molar-refractivity contribution is 0.0950. The van der Waals surface area contributed by atoms with Gasteiger partial charge in [0.25, 0.3) is 5.91 Å². The smallest absolute Gasteiger partial charge is 0.255 e. The van der Waals surface area contributed by atoms with Gasteiger partial charge in [-0.25, -0.2) is 9.07 Å². The average Bonchev–Trinajstić information content (AvgIpc) is 2.94. The number of likely N-dealkylation sites (tertiary alicyclic amines) is 1. The Bertz CT molecular complexity index is 748. The lowest BCUT2D eigenvalue weighted by atomic mass is 10.1. The molecule has 0 unspecified atom stereocenters. The van der Waals surface area contributed by atoms with Gasteiger partial charge in [-0.3, -0.25) is 4.79 Å². The molecule has 0 aliphatic carbocycles. The maximum Gasteiger partial charge on any atom is 0.255 e. The Kier molecular flexibility index (Phi) is 6.04. The topological polar surface area (TPSA) is 50.2 Å². The molecule has 0 spiro atoms. The van der Waals surface area contributed by atoms with Crippen molar-refractivity contribution in [2.24, 2.45) is 0 Å². The van der Waals surface area contributed by atoms with Gasteiger partial charge in [0.1, 0.15) is 5.82 Å². The SMILES string of the molecule is Cc1nn(-c2ccc(F)cc2)c(C)c1C(=O)NCCCN1CCCCC1. The molecule has 0 bridgehead atoms. The number of aromatic nitrogens is 2. The second kappa shape index (κ2) is 8.45. The minimum Gasteiger partial charge on any atom is -0.352 e. The van der Waals surface area contributed by atoms with E-state index in [-0.39, 0.29) is 11.7 Å². The van der Waals surface area contributed by atoms with E-state index >= 15 is 0 Å². The molecule has 26 heavy (non-hydrogen) atoms. The Labute approximate surface area is 154 Å². The summed E-state index contributed by atoms with van der Waals surface area (Å²) >= 11 is 0. The molecule has 0 saturated carbocycles. The van der Waals surface area contributed by atoms with E-state index in [9.17, 15) is 9.18 Å². The van der Waals surface area contributed by atoms with Crippen molar-refractivity contribution < 1.29 is 9.18 Å². The lowest BCUT2D eigenvalue weighted by Gasteiger charge is -2.26.